The molecule has 166 valence electrons. The number of rotatable bonds is 4. The van der Waals surface area contributed by atoms with Crippen molar-refractivity contribution < 1.29 is 4.79 Å². The predicted octanol–water partition coefficient (Wildman–Crippen LogP) is 3.78. The summed E-state index contributed by atoms with van der Waals surface area (Å²) in [7, 11) is 0. The van der Waals surface area contributed by atoms with Gasteiger partial charge in [0.25, 0.3) is 0 Å². The Morgan fingerprint density at radius 3 is 2.16 bits per heavy atom. The maximum Gasteiger partial charge on any atom is 0.233 e. The van der Waals surface area contributed by atoms with Gasteiger partial charge in [-0.25, -0.2) is 4.68 Å². The second-order valence-electron chi connectivity index (χ2n) is 8.73. The molecule has 1 saturated heterocycles. The molecule has 1 aromatic carbocycles. The number of aromatic nitrogens is 4. The molecule has 0 unspecified atom stereocenters. The van der Waals surface area contributed by atoms with E-state index in [-0.39, 0.29) is 5.91 Å². The van der Waals surface area contributed by atoms with E-state index in [0.717, 1.165) is 55.8 Å². The van der Waals surface area contributed by atoms with Crippen LogP contribution in [0.15, 0.2) is 48.7 Å². The summed E-state index contributed by atoms with van der Waals surface area (Å²) < 4.78 is 1.72. The number of nitrogens with zero attached hydrogens (tertiary/aromatic N) is 6. The number of carbonyl (C=O) groups is 1. The molecule has 5 rings (SSSR count). The van der Waals surface area contributed by atoms with E-state index in [4.69, 9.17) is 11.6 Å². The monoisotopic (exact) mass is 450 g/mol. The summed E-state index contributed by atoms with van der Waals surface area (Å²) >= 11 is 6.10. The Balaban J connectivity index is 1.26. The Morgan fingerprint density at radius 1 is 0.906 bits per heavy atom. The average molecular weight is 451 g/mol. The van der Waals surface area contributed by atoms with Gasteiger partial charge in [-0.15, -0.1) is 10.2 Å². The summed E-state index contributed by atoms with van der Waals surface area (Å²) in [6.07, 6.45) is 5.88. The van der Waals surface area contributed by atoms with Gasteiger partial charge < -0.3 is 9.80 Å². The Morgan fingerprint density at radius 2 is 1.56 bits per heavy atom. The lowest BCUT2D eigenvalue weighted by atomic mass is 9.77. The number of hydrogen-bond acceptors (Lipinski definition) is 5. The smallest absolute Gasteiger partial charge is 0.233 e. The van der Waals surface area contributed by atoms with E-state index in [2.05, 4.69) is 20.2 Å². The molecule has 3 aromatic rings. The molecule has 2 aromatic heterocycles. The molecule has 0 bridgehead atoms. The quantitative estimate of drug-likeness (QED) is 0.605. The number of carbonyl (C=O) groups excluding carboxylic acids is 1. The zero-order valence-electron chi connectivity index (χ0n) is 18.2. The second kappa shape index (κ2) is 8.54. The largest absolute Gasteiger partial charge is 0.352 e. The number of aryl methyl sites for hydroxylation is 1. The van der Waals surface area contributed by atoms with Gasteiger partial charge in [0.05, 0.1) is 11.1 Å². The first-order valence-electron chi connectivity index (χ1n) is 11.2. The van der Waals surface area contributed by atoms with E-state index >= 15 is 0 Å². The maximum absolute atomic E-state index is 13.7. The van der Waals surface area contributed by atoms with E-state index < -0.39 is 5.41 Å². The van der Waals surface area contributed by atoms with E-state index in [0.29, 0.717) is 23.9 Å². The van der Waals surface area contributed by atoms with Crippen LogP contribution in [0.3, 0.4) is 0 Å². The van der Waals surface area contributed by atoms with Crippen molar-refractivity contribution in [3.63, 3.8) is 0 Å². The van der Waals surface area contributed by atoms with Crippen molar-refractivity contribution in [2.45, 2.75) is 38.0 Å². The van der Waals surface area contributed by atoms with Crippen molar-refractivity contribution in [3.05, 3.63) is 64.9 Å². The fraction of sp³-hybridized carbons (Fsp3) is 0.417. The zero-order valence-corrected chi connectivity index (χ0v) is 19.0. The van der Waals surface area contributed by atoms with E-state index in [1.54, 1.807) is 4.68 Å². The lowest BCUT2D eigenvalue weighted by molar-refractivity contribution is -0.137. The van der Waals surface area contributed by atoms with Gasteiger partial charge in [-0.2, -0.15) is 5.10 Å². The molecule has 1 aliphatic heterocycles. The van der Waals surface area contributed by atoms with Crippen LogP contribution >= 0.6 is 11.6 Å². The van der Waals surface area contributed by atoms with Crippen LogP contribution in [0.4, 0.5) is 5.82 Å². The van der Waals surface area contributed by atoms with Gasteiger partial charge >= 0.3 is 0 Å². The topological polar surface area (TPSA) is 67.2 Å². The summed E-state index contributed by atoms with van der Waals surface area (Å²) in [6.45, 7) is 4.82. The van der Waals surface area contributed by atoms with Gasteiger partial charge in [0.15, 0.2) is 11.6 Å². The molecular formula is C24H27ClN6O. The molecule has 2 aliphatic rings. The summed E-state index contributed by atoms with van der Waals surface area (Å²) in [5.41, 5.74) is 1.63. The number of anilines is 1. The van der Waals surface area contributed by atoms with E-state index in [1.165, 1.54) is 0 Å². The minimum atomic E-state index is -0.407. The summed E-state index contributed by atoms with van der Waals surface area (Å²) in [5, 5.41) is 13.8. The fourth-order valence-corrected chi connectivity index (χ4v) is 5.09. The molecule has 2 fully saturated rings. The third-order valence-corrected chi connectivity index (χ3v) is 7.00. The van der Waals surface area contributed by atoms with Crippen molar-refractivity contribution >= 4 is 23.3 Å². The maximum atomic E-state index is 13.7. The SMILES string of the molecule is Cc1ccn(-c2ccc(N3CCN(C(=O)C4(c5ccc(Cl)cc5)CCCC4)CC3)nn2)n1. The molecule has 0 N–H and O–H groups in total. The molecule has 8 heteroatoms. The van der Waals surface area contributed by atoms with Crippen molar-refractivity contribution in [2.75, 3.05) is 31.1 Å². The average Bonchev–Trinajstić information content (AvgIpc) is 3.50. The molecule has 0 radical (unpaired) electrons. The highest BCUT2D eigenvalue weighted by molar-refractivity contribution is 6.30. The Hall–Kier alpha value is -2.93. The Kier molecular flexibility index (Phi) is 5.59. The number of halogens is 1. The van der Waals surface area contributed by atoms with Crippen molar-refractivity contribution in [1.29, 1.82) is 0 Å². The molecule has 32 heavy (non-hydrogen) atoms. The molecule has 0 atom stereocenters. The number of amides is 1. The summed E-state index contributed by atoms with van der Waals surface area (Å²) in [4.78, 5) is 17.9. The first-order chi connectivity index (χ1) is 15.5. The fourth-order valence-electron chi connectivity index (χ4n) is 4.97. The van der Waals surface area contributed by atoms with Crippen LogP contribution in [0, 0.1) is 6.92 Å². The molecular weight excluding hydrogens is 424 g/mol. The number of hydrogen-bond donors (Lipinski definition) is 0. The van der Waals surface area contributed by atoms with Gasteiger partial charge in [0, 0.05) is 37.4 Å². The first kappa shape index (κ1) is 20.9. The van der Waals surface area contributed by atoms with Crippen molar-refractivity contribution in [2.24, 2.45) is 0 Å². The summed E-state index contributed by atoms with van der Waals surface area (Å²) in [6, 6.07) is 13.7. The first-order valence-corrected chi connectivity index (χ1v) is 11.6. The van der Waals surface area contributed by atoms with E-state index in [9.17, 15) is 4.79 Å². The van der Waals surface area contributed by atoms with Crippen molar-refractivity contribution in [1.82, 2.24) is 24.9 Å². The normalized spacial score (nSPS) is 18.2. The predicted molar refractivity (Wildman–Crippen MR) is 124 cm³/mol. The van der Waals surface area contributed by atoms with Crippen LogP contribution in [0.25, 0.3) is 5.82 Å². The van der Waals surface area contributed by atoms with Gasteiger partial charge in [-0.05, 0) is 55.7 Å². The third kappa shape index (κ3) is 3.86. The Labute approximate surface area is 193 Å². The van der Waals surface area contributed by atoms with Crippen LogP contribution in [0.1, 0.15) is 36.9 Å². The lowest BCUT2D eigenvalue weighted by Gasteiger charge is -2.40. The minimum Gasteiger partial charge on any atom is -0.352 e. The van der Waals surface area contributed by atoms with Crippen LogP contribution in [-0.2, 0) is 10.2 Å². The third-order valence-electron chi connectivity index (χ3n) is 6.75. The van der Waals surface area contributed by atoms with Gasteiger partial charge in [0.1, 0.15) is 0 Å². The number of piperazine rings is 1. The standard InChI is InChI=1S/C24H27ClN6O/c1-18-10-13-31(28-18)22-9-8-21(26-27-22)29-14-16-30(17-15-29)23(32)24(11-2-3-12-24)19-4-6-20(25)7-5-19/h4-10,13H,2-3,11-12,14-17H2,1H3. The van der Waals surface area contributed by atoms with Crippen LogP contribution in [0.2, 0.25) is 5.02 Å². The van der Waals surface area contributed by atoms with Crippen molar-refractivity contribution in [3.8, 4) is 5.82 Å². The highest BCUT2D eigenvalue weighted by Gasteiger charge is 2.45. The van der Waals surface area contributed by atoms with Gasteiger partial charge in [-0.3, -0.25) is 4.79 Å². The highest BCUT2D eigenvalue weighted by atomic mass is 35.5. The van der Waals surface area contributed by atoms with Gasteiger partial charge in [0.2, 0.25) is 5.91 Å². The number of benzene rings is 1. The molecule has 3 heterocycles. The molecule has 7 nitrogen and oxygen atoms in total. The van der Waals surface area contributed by atoms with Crippen LogP contribution < -0.4 is 4.90 Å². The summed E-state index contributed by atoms with van der Waals surface area (Å²) in [5.74, 6) is 1.78. The molecule has 1 saturated carbocycles. The van der Waals surface area contributed by atoms with Gasteiger partial charge in [-0.1, -0.05) is 36.6 Å². The minimum absolute atomic E-state index is 0.257. The molecule has 1 aliphatic carbocycles. The molecule has 1 amide bonds. The Bertz CT molecular complexity index is 1080. The van der Waals surface area contributed by atoms with Crippen LogP contribution in [-0.4, -0.2) is 57.0 Å². The second-order valence-corrected chi connectivity index (χ2v) is 9.16. The highest BCUT2D eigenvalue weighted by Crippen LogP contribution is 2.43. The molecule has 0 spiro atoms. The lowest BCUT2D eigenvalue weighted by Crippen LogP contribution is -2.54. The zero-order chi connectivity index (χ0) is 22.1. The van der Waals surface area contributed by atoms with Crippen LogP contribution in [0.5, 0.6) is 0 Å². The van der Waals surface area contributed by atoms with E-state index in [1.807, 2.05) is 60.5 Å².